The number of phenols is 1. The zero-order valence-corrected chi connectivity index (χ0v) is 18.2. The Morgan fingerprint density at radius 1 is 1.03 bits per heavy atom. The van der Waals surface area contributed by atoms with Crippen LogP contribution in [0, 0.1) is 0 Å². The molecule has 3 aromatic carbocycles. The number of carbonyl (C=O) groups is 2. The highest BCUT2D eigenvalue weighted by Gasteiger charge is 2.15. The summed E-state index contributed by atoms with van der Waals surface area (Å²) in [6.07, 6.45) is 2.37. The Labute approximate surface area is 187 Å². The summed E-state index contributed by atoms with van der Waals surface area (Å²) in [6.45, 7) is 7.30. The average molecular weight is 434 g/mol. The van der Waals surface area contributed by atoms with Crippen LogP contribution in [0.15, 0.2) is 67.3 Å². The van der Waals surface area contributed by atoms with Gasteiger partial charge in [-0.2, -0.15) is 0 Å². The molecule has 0 aromatic heterocycles. The molecule has 6 nitrogen and oxygen atoms in total. The van der Waals surface area contributed by atoms with Crippen LogP contribution in [0.3, 0.4) is 0 Å². The van der Waals surface area contributed by atoms with E-state index in [1.807, 2.05) is 26.0 Å². The van der Waals surface area contributed by atoms with E-state index in [1.54, 1.807) is 36.4 Å². The van der Waals surface area contributed by atoms with Crippen molar-refractivity contribution in [1.82, 2.24) is 0 Å². The topological polar surface area (TPSA) is 82.1 Å². The van der Waals surface area contributed by atoms with Crippen LogP contribution in [0.5, 0.6) is 17.2 Å². The third-order valence-electron chi connectivity index (χ3n) is 4.88. The van der Waals surface area contributed by atoms with Gasteiger partial charge in [0, 0.05) is 12.5 Å². The van der Waals surface area contributed by atoms with E-state index in [0.717, 1.165) is 28.8 Å². The van der Waals surface area contributed by atoms with Gasteiger partial charge in [0.15, 0.2) is 0 Å². The number of hydrogen-bond acceptors (Lipinski definition) is 6. The molecular formula is C26H26O6. The summed E-state index contributed by atoms with van der Waals surface area (Å²) in [6, 6.07) is 15.3. The Balaban J connectivity index is 1.77. The second kappa shape index (κ2) is 10.5. The summed E-state index contributed by atoms with van der Waals surface area (Å²) >= 11 is 0. The van der Waals surface area contributed by atoms with Gasteiger partial charge < -0.3 is 19.3 Å². The third kappa shape index (κ3) is 5.66. The van der Waals surface area contributed by atoms with Crippen molar-refractivity contribution in [2.24, 2.45) is 0 Å². The average Bonchev–Trinajstić information content (AvgIpc) is 2.79. The lowest BCUT2D eigenvalue weighted by atomic mass is 10.1. The number of phenolic OH excluding ortho intramolecular Hbond substituents is 1. The molecule has 3 aromatic rings. The van der Waals surface area contributed by atoms with Gasteiger partial charge >= 0.3 is 11.9 Å². The fraction of sp³-hybridized carbons (Fsp3) is 0.231. The SMILES string of the molecule is C=CC(=O)OC(CCC)Oc1ccc2cc(C(=O)Oc3ccc(O)cc3CC)ccc2c1. The molecule has 0 saturated carbocycles. The normalized spacial score (nSPS) is 11.6. The molecule has 0 aliphatic heterocycles. The molecule has 32 heavy (non-hydrogen) atoms. The quantitative estimate of drug-likeness (QED) is 0.205. The molecule has 0 heterocycles. The number of aromatic hydroxyl groups is 1. The summed E-state index contributed by atoms with van der Waals surface area (Å²) < 4.78 is 16.6. The number of hydrogen-bond donors (Lipinski definition) is 1. The Kier molecular flexibility index (Phi) is 7.49. The lowest BCUT2D eigenvalue weighted by Crippen LogP contribution is -2.23. The highest BCUT2D eigenvalue weighted by Crippen LogP contribution is 2.27. The number of rotatable bonds is 9. The minimum absolute atomic E-state index is 0.130. The standard InChI is InChI=1S/C26H26O6/c1-4-7-25(32-24(28)6-3)30-22-12-10-18-14-20(9-8-19(18)16-22)26(29)31-23-13-11-21(27)15-17(23)5-2/h6,8-16,25,27H,3-5,7H2,1-2H3. The van der Waals surface area contributed by atoms with Crippen molar-refractivity contribution in [1.29, 1.82) is 0 Å². The molecule has 1 atom stereocenters. The Morgan fingerprint density at radius 3 is 2.50 bits per heavy atom. The number of benzene rings is 3. The van der Waals surface area contributed by atoms with Gasteiger partial charge in [0.05, 0.1) is 5.56 Å². The van der Waals surface area contributed by atoms with Crippen LogP contribution in [0.2, 0.25) is 0 Å². The zero-order valence-electron chi connectivity index (χ0n) is 18.2. The Morgan fingerprint density at radius 2 is 1.78 bits per heavy atom. The predicted molar refractivity (Wildman–Crippen MR) is 122 cm³/mol. The van der Waals surface area contributed by atoms with Gasteiger partial charge in [-0.1, -0.05) is 32.6 Å². The largest absolute Gasteiger partial charge is 0.508 e. The second-order valence-electron chi connectivity index (χ2n) is 7.24. The van der Waals surface area contributed by atoms with Gasteiger partial charge in [-0.15, -0.1) is 0 Å². The van der Waals surface area contributed by atoms with E-state index in [2.05, 4.69) is 6.58 Å². The molecule has 0 fully saturated rings. The molecule has 166 valence electrons. The molecule has 0 saturated heterocycles. The van der Waals surface area contributed by atoms with Crippen LogP contribution in [-0.4, -0.2) is 23.3 Å². The van der Waals surface area contributed by atoms with Gasteiger partial charge in [0.1, 0.15) is 17.2 Å². The molecule has 0 radical (unpaired) electrons. The first kappa shape index (κ1) is 22.9. The molecule has 0 amide bonds. The van der Waals surface area contributed by atoms with Gasteiger partial charge in [0.2, 0.25) is 6.29 Å². The van der Waals surface area contributed by atoms with Crippen LogP contribution >= 0.6 is 0 Å². The minimum Gasteiger partial charge on any atom is -0.508 e. The molecule has 0 aliphatic rings. The molecule has 1 unspecified atom stereocenters. The molecule has 0 spiro atoms. The maximum Gasteiger partial charge on any atom is 0.343 e. The maximum absolute atomic E-state index is 12.7. The molecule has 3 rings (SSSR count). The van der Waals surface area contributed by atoms with Crippen LogP contribution in [0.4, 0.5) is 0 Å². The van der Waals surface area contributed by atoms with Crippen molar-refractivity contribution in [3.63, 3.8) is 0 Å². The lowest BCUT2D eigenvalue weighted by Gasteiger charge is -2.18. The number of aryl methyl sites for hydroxylation is 1. The Hall–Kier alpha value is -3.80. The van der Waals surface area contributed by atoms with Crippen LogP contribution < -0.4 is 9.47 Å². The molecule has 0 aliphatic carbocycles. The first-order valence-electron chi connectivity index (χ1n) is 10.5. The zero-order chi connectivity index (χ0) is 23.1. The third-order valence-corrected chi connectivity index (χ3v) is 4.88. The van der Waals surface area contributed by atoms with E-state index in [4.69, 9.17) is 14.2 Å². The molecule has 6 heteroatoms. The predicted octanol–water partition coefficient (Wildman–Crippen LogP) is 5.56. The monoisotopic (exact) mass is 434 g/mol. The number of fused-ring (bicyclic) bond motifs is 1. The first-order valence-corrected chi connectivity index (χ1v) is 10.5. The van der Waals surface area contributed by atoms with Crippen molar-refractivity contribution in [2.45, 2.75) is 39.4 Å². The van der Waals surface area contributed by atoms with Gasteiger partial charge in [-0.25, -0.2) is 9.59 Å². The van der Waals surface area contributed by atoms with E-state index >= 15 is 0 Å². The van der Waals surface area contributed by atoms with E-state index in [-0.39, 0.29) is 5.75 Å². The second-order valence-corrected chi connectivity index (χ2v) is 7.24. The van der Waals surface area contributed by atoms with Crippen molar-refractivity contribution >= 4 is 22.7 Å². The number of esters is 2. The van der Waals surface area contributed by atoms with E-state index in [0.29, 0.717) is 29.9 Å². The van der Waals surface area contributed by atoms with Crippen molar-refractivity contribution in [2.75, 3.05) is 0 Å². The van der Waals surface area contributed by atoms with E-state index in [1.165, 1.54) is 6.07 Å². The van der Waals surface area contributed by atoms with Crippen molar-refractivity contribution < 1.29 is 28.9 Å². The first-order chi connectivity index (χ1) is 15.4. The fourth-order valence-electron chi connectivity index (χ4n) is 3.23. The van der Waals surface area contributed by atoms with Gasteiger partial charge in [0.25, 0.3) is 0 Å². The fourth-order valence-corrected chi connectivity index (χ4v) is 3.23. The highest BCUT2D eigenvalue weighted by atomic mass is 16.7. The summed E-state index contributed by atoms with van der Waals surface area (Å²) in [5.74, 6) is 0.0972. The molecular weight excluding hydrogens is 408 g/mol. The van der Waals surface area contributed by atoms with Gasteiger partial charge in [-0.3, -0.25) is 0 Å². The Bertz CT molecular complexity index is 1130. The summed E-state index contributed by atoms with van der Waals surface area (Å²) in [5.41, 5.74) is 1.16. The molecule has 1 N–H and O–H groups in total. The van der Waals surface area contributed by atoms with Crippen molar-refractivity contribution in [3.05, 3.63) is 78.4 Å². The van der Waals surface area contributed by atoms with E-state index < -0.39 is 18.2 Å². The number of ether oxygens (including phenoxy) is 3. The summed E-state index contributed by atoms with van der Waals surface area (Å²) in [5, 5.41) is 11.3. The summed E-state index contributed by atoms with van der Waals surface area (Å²) in [4.78, 5) is 24.2. The maximum atomic E-state index is 12.7. The number of carbonyl (C=O) groups excluding carboxylic acids is 2. The van der Waals surface area contributed by atoms with Gasteiger partial charge in [-0.05, 0) is 71.6 Å². The smallest absolute Gasteiger partial charge is 0.343 e. The molecule has 0 bridgehead atoms. The highest BCUT2D eigenvalue weighted by molar-refractivity contribution is 5.96. The van der Waals surface area contributed by atoms with Crippen LogP contribution in [0.25, 0.3) is 10.8 Å². The lowest BCUT2D eigenvalue weighted by molar-refractivity contribution is -0.158. The van der Waals surface area contributed by atoms with Crippen LogP contribution in [0.1, 0.15) is 42.6 Å². The van der Waals surface area contributed by atoms with Crippen molar-refractivity contribution in [3.8, 4) is 17.2 Å². The minimum atomic E-state index is -0.699. The van der Waals surface area contributed by atoms with Crippen LogP contribution in [-0.2, 0) is 16.0 Å². The van der Waals surface area contributed by atoms with E-state index in [9.17, 15) is 14.7 Å². The summed E-state index contributed by atoms with van der Waals surface area (Å²) in [7, 11) is 0.